The highest BCUT2D eigenvalue weighted by molar-refractivity contribution is 5.73. The van der Waals surface area contributed by atoms with Gasteiger partial charge in [0.25, 0.3) is 0 Å². The molecule has 0 saturated carbocycles. The Morgan fingerprint density at radius 3 is 2.34 bits per heavy atom. The Hall–Kier alpha value is -2.41. The van der Waals surface area contributed by atoms with Gasteiger partial charge in [0.2, 0.25) is 0 Å². The Morgan fingerprint density at radius 1 is 0.966 bits per heavy atom. The fourth-order valence-electron chi connectivity index (χ4n) is 3.28. The van der Waals surface area contributed by atoms with Crippen molar-refractivity contribution in [2.75, 3.05) is 32.9 Å². The van der Waals surface area contributed by atoms with Crippen LogP contribution in [0.2, 0.25) is 0 Å². The fraction of sp³-hybridized carbons (Fsp3) is 0.435. The van der Waals surface area contributed by atoms with Gasteiger partial charge in [0.15, 0.2) is 0 Å². The Kier molecular flexibility index (Phi) is 8.49. The number of morpholine rings is 1. The zero-order chi connectivity index (χ0) is 20.3. The molecule has 2 amide bonds. The Labute approximate surface area is 173 Å². The summed E-state index contributed by atoms with van der Waals surface area (Å²) in [6, 6.07) is 16.2. The summed E-state index contributed by atoms with van der Waals surface area (Å²) in [5.74, 6) is 0. The molecule has 1 heterocycles. The van der Waals surface area contributed by atoms with Gasteiger partial charge in [0.1, 0.15) is 0 Å². The smallest absolute Gasteiger partial charge is 0.315 e. The second kappa shape index (κ2) is 11.6. The summed E-state index contributed by atoms with van der Waals surface area (Å²) in [4.78, 5) is 14.6. The van der Waals surface area contributed by atoms with Crippen LogP contribution in [0.15, 0.2) is 48.5 Å². The third kappa shape index (κ3) is 7.16. The van der Waals surface area contributed by atoms with Gasteiger partial charge in [0, 0.05) is 39.3 Å². The maximum Gasteiger partial charge on any atom is 0.315 e. The van der Waals surface area contributed by atoms with Crippen molar-refractivity contribution in [1.29, 1.82) is 0 Å². The molecular formula is C23H31N3O3. The van der Waals surface area contributed by atoms with Crippen LogP contribution in [0.3, 0.4) is 0 Å². The van der Waals surface area contributed by atoms with Crippen molar-refractivity contribution in [3.8, 4) is 0 Å². The van der Waals surface area contributed by atoms with Crippen molar-refractivity contribution in [3.63, 3.8) is 0 Å². The van der Waals surface area contributed by atoms with Gasteiger partial charge in [-0.25, -0.2) is 4.79 Å². The molecule has 0 aromatic heterocycles. The van der Waals surface area contributed by atoms with E-state index in [2.05, 4.69) is 33.7 Å². The van der Waals surface area contributed by atoms with Crippen molar-refractivity contribution in [1.82, 2.24) is 15.5 Å². The quantitative estimate of drug-likeness (QED) is 0.683. The van der Waals surface area contributed by atoms with E-state index < -0.39 is 0 Å². The molecule has 3 rings (SSSR count). The average Bonchev–Trinajstić information content (AvgIpc) is 2.77. The van der Waals surface area contributed by atoms with Gasteiger partial charge >= 0.3 is 6.03 Å². The van der Waals surface area contributed by atoms with E-state index in [0.29, 0.717) is 26.3 Å². The van der Waals surface area contributed by atoms with E-state index in [9.17, 15) is 4.79 Å². The second-order valence-corrected chi connectivity index (χ2v) is 7.15. The van der Waals surface area contributed by atoms with Gasteiger partial charge in [-0.1, -0.05) is 48.5 Å². The van der Waals surface area contributed by atoms with E-state index in [0.717, 1.165) is 49.5 Å². The summed E-state index contributed by atoms with van der Waals surface area (Å²) < 4.78 is 10.8. The first-order valence-electron chi connectivity index (χ1n) is 10.3. The molecule has 0 atom stereocenters. The SMILES string of the molecule is CCOCc1ccc(CNC(=O)NCc2ccccc2CN2CCOCC2)cc1. The van der Waals surface area contributed by atoms with Crippen molar-refractivity contribution in [2.45, 2.75) is 33.2 Å². The van der Waals surface area contributed by atoms with Crippen molar-refractivity contribution in [2.24, 2.45) is 0 Å². The number of amides is 2. The molecule has 29 heavy (non-hydrogen) atoms. The zero-order valence-electron chi connectivity index (χ0n) is 17.2. The molecular weight excluding hydrogens is 366 g/mol. The lowest BCUT2D eigenvalue weighted by atomic mass is 10.1. The highest BCUT2D eigenvalue weighted by atomic mass is 16.5. The topological polar surface area (TPSA) is 62.8 Å². The first-order valence-corrected chi connectivity index (χ1v) is 10.3. The third-order valence-corrected chi connectivity index (χ3v) is 5.00. The second-order valence-electron chi connectivity index (χ2n) is 7.15. The monoisotopic (exact) mass is 397 g/mol. The molecule has 1 fully saturated rings. The van der Waals surface area contributed by atoms with E-state index >= 15 is 0 Å². The minimum absolute atomic E-state index is 0.162. The summed E-state index contributed by atoms with van der Waals surface area (Å²) in [7, 11) is 0. The van der Waals surface area contributed by atoms with Gasteiger partial charge in [0.05, 0.1) is 19.8 Å². The van der Waals surface area contributed by atoms with Crippen LogP contribution >= 0.6 is 0 Å². The summed E-state index contributed by atoms with van der Waals surface area (Å²) in [5.41, 5.74) is 4.60. The maximum atomic E-state index is 12.2. The highest BCUT2D eigenvalue weighted by Crippen LogP contribution is 2.13. The molecule has 6 heteroatoms. The van der Waals surface area contributed by atoms with Crippen LogP contribution in [0.4, 0.5) is 4.79 Å². The fourth-order valence-corrected chi connectivity index (χ4v) is 3.28. The van der Waals surface area contributed by atoms with Gasteiger partial charge in [-0.3, -0.25) is 4.90 Å². The number of benzene rings is 2. The number of nitrogens with zero attached hydrogens (tertiary/aromatic N) is 1. The van der Waals surface area contributed by atoms with Crippen LogP contribution in [0.5, 0.6) is 0 Å². The normalized spacial score (nSPS) is 14.5. The minimum atomic E-state index is -0.162. The van der Waals surface area contributed by atoms with Gasteiger partial charge in [-0.15, -0.1) is 0 Å². The molecule has 1 aliphatic rings. The standard InChI is InChI=1S/C23H31N3O3/c1-2-28-18-20-9-7-19(8-10-20)15-24-23(27)25-16-21-5-3-4-6-22(21)17-26-11-13-29-14-12-26/h3-10H,2,11-18H2,1H3,(H2,24,25,27). The van der Waals surface area contributed by atoms with E-state index in [4.69, 9.17) is 9.47 Å². The van der Waals surface area contributed by atoms with Crippen LogP contribution in [0.1, 0.15) is 29.2 Å². The molecule has 2 aromatic carbocycles. The molecule has 0 bridgehead atoms. The van der Waals surface area contributed by atoms with Gasteiger partial charge < -0.3 is 20.1 Å². The lowest BCUT2D eigenvalue weighted by molar-refractivity contribution is 0.0341. The van der Waals surface area contributed by atoms with E-state index in [1.54, 1.807) is 0 Å². The summed E-state index contributed by atoms with van der Waals surface area (Å²) in [6.07, 6.45) is 0. The van der Waals surface area contributed by atoms with Crippen molar-refractivity contribution >= 4 is 6.03 Å². The van der Waals surface area contributed by atoms with Crippen LogP contribution in [-0.2, 0) is 35.7 Å². The first kappa shape index (κ1) is 21.3. The number of hydrogen-bond donors (Lipinski definition) is 2. The summed E-state index contributed by atoms with van der Waals surface area (Å²) in [5, 5.41) is 5.90. The largest absolute Gasteiger partial charge is 0.379 e. The number of rotatable bonds is 9. The molecule has 1 aliphatic heterocycles. The molecule has 0 aliphatic carbocycles. The third-order valence-electron chi connectivity index (χ3n) is 5.00. The maximum absolute atomic E-state index is 12.2. The van der Waals surface area contributed by atoms with Crippen LogP contribution in [0, 0.1) is 0 Å². The van der Waals surface area contributed by atoms with E-state index in [1.807, 2.05) is 37.3 Å². The predicted molar refractivity (Wildman–Crippen MR) is 113 cm³/mol. The number of urea groups is 1. The Morgan fingerprint density at radius 2 is 1.62 bits per heavy atom. The summed E-state index contributed by atoms with van der Waals surface area (Å²) >= 11 is 0. The number of carbonyl (C=O) groups is 1. The minimum Gasteiger partial charge on any atom is -0.379 e. The molecule has 0 radical (unpaired) electrons. The summed E-state index contributed by atoms with van der Waals surface area (Å²) in [6.45, 7) is 8.68. The molecule has 1 saturated heterocycles. The molecule has 0 unspecified atom stereocenters. The highest BCUT2D eigenvalue weighted by Gasteiger charge is 2.13. The zero-order valence-corrected chi connectivity index (χ0v) is 17.2. The predicted octanol–water partition coefficient (Wildman–Crippen LogP) is 3.05. The van der Waals surface area contributed by atoms with E-state index in [1.165, 1.54) is 5.56 Å². The molecule has 2 N–H and O–H groups in total. The number of hydrogen-bond acceptors (Lipinski definition) is 4. The van der Waals surface area contributed by atoms with Crippen LogP contribution in [0.25, 0.3) is 0 Å². The Balaban J connectivity index is 1.44. The molecule has 6 nitrogen and oxygen atoms in total. The Bertz CT molecular complexity index is 758. The van der Waals surface area contributed by atoms with Gasteiger partial charge in [-0.2, -0.15) is 0 Å². The van der Waals surface area contributed by atoms with E-state index in [-0.39, 0.29) is 6.03 Å². The lowest BCUT2D eigenvalue weighted by Gasteiger charge is -2.27. The lowest BCUT2D eigenvalue weighted by Crippen LogP contribution is -2.37. The average molecular weight is 398 g/mol. The number of carbonyl (C=O) groups excluding carboxylic acids is 1. The van der Waals surface area contributed by atoms with Crippen molar-refractivity contribution in [3.05, 3.63) is 70.8 Å². The molecule has 0 spiro atoms. The number of ether oxygens (including phenoxy) is 2. The van der Waals surface area contributed by atoms with Crippen LogP contribution in [-0.4, -0.2) is 43.8 Å². The first-order chi connectivity index (χ1) is 14.2. The number of nitrogens with one attached hydrogen (secondary N) is 2. The van der Waals surface area contributed by atoms with Crippen molar-refractivity contribution < 1.29 is 14.3 Å². The van der Waals surface area contributed by atoms with Gasteiger partial charge in [-0.05, 0) is 29.2 Å². The van der Waals surface area contributed by atoms with Crippen LogP contribution < -0.4 is 10.6 Å². The molecule has 2 aromatic rings. The molecule has 156 valence electrons.